The maximum Gasteiger partial charge on any atom is 0.273 e. The van der Waals surface area contributed by atoms with E-state index >= 15 is 0 Å². The van der Waals surface area contributed by atoms with Crippen LogP contribution in [-0.2, 0) is 21.3 Å². The Kier molecular flexibility index (Phi) is 3.99. The number of hydrogen-bond donors (Lipinski definition) is 1. The van der Waals surface area contributed by atoms with Crippen LogP contribution < -0.4 is 5.14 Å². The van der Waals surface area contributed by atoms with Gasteiger partial charge in [-0.05, 0) is 19.1 Å². The standard InChI is InChI=1S/C10H14N4O3S2/c1-7-3-4-8(18-7)9-12-13-10(19(11,15)16)14(9)5-6-17-2/h3-4H,5-6H2,1-2H3,(H2,11,15,16). The van der Waals surface area contributed by atoms with Crippen molar-refractivity contribution < 1.29 is 13.2 Å². The SMILES string of the molecule is COCCn1c(-c2ccc(C)s2)nnc1S(N)(=O)=O. The molecule has 0 saturated carbocycles. The van der Waals surface area contributed by atoms with E-state index in [9.17, 15) is 8.42 Å². The van der Waals surface area contributed by atoms with Crippen LogP contribution in [-0.4, -0.2) is 36.9 Å². The molecule has 0 saturated heterocycles. The maximum atomic E-state index is 11.5. The lowest BCUT2D eigenvalue weighted by molar-refractivity contribution is 0.185. The number of ether oxygens (including phenoxy) is 1. The number of nitrogens with zero attached hydrogens (tertiary/aromatic N) is 3. The highest BCUT2D eigenvalue weighted by Gasteiger charge is 2.22. The zero-order valence-corrected chi connectivity index (χ0v) is 12.2. The van der Waals surface area contributed by atoms with Crippen molar-refractivity contribution in [3.63, 3.8) is 0 Å². The summed E-state index contributed by atoms with van der Waals surface area (Å²) >= 11 is 1.51. The van der Waals surface area contributed by atoms with Gasteiger partial charge in [-0.3, -0.25) is 4.57 Å². The Morgan fingerprint density at radius 2 is 2.16 bits per heavy atom. The van der Waals surface area contributed by atoms with Crippen molar-refractivity contribution in [2.24, 2.45) is 5.14 Å². The summed E-state index contributed by atoms with van der Waals surface area (Å²) in [6.45, 7) is 2.63. The van der Waals surface area contributed by atoms with Crippen LogP contribution >= 0.6 is 11.3 Å². The van der Waals surface area contributed by atoms with Gasteiger partial charge in [-0.25, -0.2) is 13.6 Å². The summed E-state index contributed by atoms with van der Waals surface area (Å²) in [6, 6.07) is 3.81. The van der Waals surface area contributed by atoms with Gasteiger partial charge in [0.2, 0.25) is 0 Å². The third-order valence-electron chi connectivity index (χ3n) is 2.45. The van der Waals surface area contributed by atoms with Gasteiger partial charge in [0.15, 0.2) is 5.82 Å². The minimum absolute atomic E-state index is 0.245. The lowest BCUT2D eigenvalue weighted by atomic mass is 10.4. The molecule has 0 fully saturated rings. The molecule has 7 nitrogen and oxygen atoms in total. The van der Waals surface area contributed by atoms with Gasteiger partial charge in [-0.15, -0.1) is 21.5 Å². The topological polar surface area (TPSA) is 100 Å². The molecule has 104 valence electrons. The normalized spacial score (nSPS) is 11.9. The lowest BCUT2D eigenvalue weighted by Crippen LogP contribution is -2.20. The van der Waals surface area contributed by atoms with E-state index in [1.54, 1.807) is 0 Å². The lowest BCUT2D eigenvalue weighted by Gasteiger charge is -2.07. The van der Waals surface area contributed by atoms with E-state index in [1.807, 2.05) is 19.1 Å². The van der Waals surface area contributed by atoms with Gasteiger partial charge in [0, 0.05) is 12.0 Å². The van der Waals surface area contributed by atoms with Gasteiger partial charge in [-0.2, -0.15) is 0 Å². The molecule has 2 rings (SSSR count). The predicted molar refractivity (Wildman–Crippen MR) is 71.3 cm³/mol. The van der Waals surface area contributed by atoms with Crippen LogP contribution in [0.5, 0.6) is 0 Å². The molecule has 0 bridgehead atoms. The fourth-order valence-corrected chi connectivity index (χ4v) is 3.12. The van der Waals surface area contributed by atoms with Crippen molar-refractivity contribution >= 4 is 21.4 Å². The van der Waals surface area contributed by atoms with Crippen molar-refractivity contribution in [1.29, 1.82) is 0 Å². The Hall–Kier alpha value is -1.29. The molecule has 0 aliphatic heterocycles. The molecule has 0 aliphatic rings. The molecule has 0 aromatic carbocycles. The van der Waals surface area contributed by atoms with E-state index in [1.165, 1.54) is 23.0 Å². The number of hydrogen-bond acceptors (Lipinski definition) is 6. The summed E-state index contributed by atoms with van der Waals surface area (Å²) < 4.78 is 29.4. The van der Waals surface area contributed by atoms with Gasteiger partial charge < -0.3 is 4.74 Å². The van der Waals surface area contributed by atoms with Crippen LogP contribution in [0.1, 0.15) is 4.88 Å². The van der Waals surface area contributed by atoms with Crippen molar-refractivity contribution in [3.8, 4) is 10.7 Å². The first-order valence-electron chi connectivity index (χ1n) is 5.45. The largest absolute Gasteiger partial charge is 0.383 e. The second kappa shape index (κ2) is 5.37. The van der Waals surface area contributed by atoms with Crippen molar-refractivity contribution in [3.05, 3.63) is 17.0 Å². The molecule has 2 N–H and O–H groups in total. The molecule has 0 aliphatic carbocycles. The summed E-state index contributed by atoms with van der Waals surface area (Å²) in [5.74, 6) is 0.485. The maximum absolute atomic E-state index is 11.5. The first-order valence-corrected chi connectivity index (χ1v) is 7.81. The molecule has 0 radical (unpaired) electrons. The van der Waals surface area contributed by atoms with Crippen LogP contribution in [0.15, 0.2) is 17.3 Å². The first kappa shape index (κ1) is 14.1. The third-order valence-corrected chi connectivity index (χ3v) is 4.26. The quantitative estimate of drug-likeness (QED) is 0.872. The Labute approximate surface area is 115 Å². The fourth-order valence-electron chi connectivity index (χ4n) is 1.62. The summed E-state index contributed by atoms with van der Waals surface area (Å²) in [5, 5.41) is 12.5. The molecule has 2 aromatic rings. The van der Waals surface area contributed by atoms with Gasteiger partial charge >= 0.3 is 0 Å². The van der Waals surface area contributed by atoms with Crippen LogP contribution in [0.4, 0.5) is 0 Å². The minimum Gasteiger partial charge on any atom is -0.383 e. The zero-order chi connectivity index (χ0) is 14.0. The molecule has 0 spiro atoms. The van der Waals surface area contributed by atoms with Crippen molar-refractivity contribution in [1.82, 2.24) is 14.8 Å². The number of sulfonamides is 1. The van der Waals surface area contributed by atoms with Crippen LogP contribution in [0.3, 0.4) is 0 Å². The minimum atomic E-state index is -3.91. The molecule has 19 heavy (non-hydrogen) atoms. The monoisotopic (exact) mass is 302 g/mol. The van der Waals surface area contributed by atoms with E-state index in [4.69, 9.17) is 9.88 Å². The molecule has 2 heterocycles. The second-order valence-corrected chi connectivity index (χ2v) is 6.65. The number of rotatable bonds is 5. The van der Waals surface area contributed by atoms with Gasteiger partial charge in [-0.1, -0.05) is 0 Å². The number of primary sulfonamides is 1. The number of nitrogens with two attached hydrogens (primary N) is 1. The highest BCUT2D eigenvalue weighted by atomic mass is 32.2. The van der Waals surface area contributed by atoms with Crippen molar-refractivity contribution in [2.45, 2.75) is 18.6 Å². The van der Waals surface area contributed by atoms with E-state index in [2.05, 4.69) is 10.2 Å². The third kappa shape index (κ3) is 3.00. The van der Waals surface area contributed by atoms with E-state index in [0.717, 1.165) is 9.75 Å². The smallest absolute Gasteiger partial charge is 0.273 e. The number of thiophene rings is 1. The Bertz CT molecular complexity index is 675. The summed E-state index contributed by atoms with van der Waals surface area (Å²) in [4.78, 5) is 1.95. The van der Waals surface area contributed by atoms with E-state index in [0.29, 0.717) is 19.0 Å². The molecular weight excluding hydrogens is 288 g/mol. The molecular formula is C10H14N4O3S2. The van der Waals surface area contributed by atoms with Gasteiger partial charge in [0.05, 0.1) is 18.0 Å². The summed E-state index contributed by atoms with van der Waals surface area (Å²) in [5.41, 5.74) is 0. The van der Waals surface area contributed by atoms with Crippen LogP contribution in [0.2, 0.25) is 0 Å². The Morgan fingerprint density at radius 1 is 1.42 bits per heavy atom. The van der Waals surface area contributed by atoms with Crippen LogP contribution in [0.25, 0.3) is 10.7 Å². The predicted octanol–water partition coefficient (Wildman–Crippen LogP) is 0.609. The zero-order valence-electron chi connectivity index (χ0n) is 10.5. The fraction of sp³-hybridized carbons (Fsp3) is 0.400. The average molecular weight is 302 g/mol. The van der Waals surface area contributed by atoms with Gasteiger partial charge in [0.25, 0.3) is 15.2 Å². The summed E-state index contributed by atoms with van der Waals surface area (Å²) in [6.07, 6.45) is 0. The second-order valence-electron chi connectivity index (χ2n) is 3.91. The van der Waals surface area contributed by atoms with E-state index in [-0.39, 0.29) is 5.16 Å². The molecule has 0 unspecified atom stereocenters. The molecule has 2 aromatic heterocycles. The highest BCUT2D eigenvalue weighted by molar-refractivity contribution is 7.89. The van der Waals surface area contributed by atoms with Crippen molar-refractivity contribution in [2.75, 3.05) is 13.7 Å². The average Bonchev–Trinajstić information content (AvgIpc) is 2.91. The highest BCUT2D eigenvalue weighted by Crippen LogP contribution is 2.27. The summed E-state index contributed by atoms with van der Waals surface area (Å²) in [7, 11) is -2.37. The molecule has 0 atom stereocenters. The van der Waals surface area contributed by atoms with E-state index < -0.39 is 10.0 Å². The molecule has 0 amide bonds. The first-order chi connectivity index (χ1) is 8.93. The van der Waals surface area contributed by atoms with Gasteiger partial charge in [0.1, 0.15) is 0 Å². The number of methoxy groups -OCH3 is 1. The molecule has 9 heteroatoms. The number of aryl methyl sites for hydroxylation is 1. The Morgan fingerprint density at radius 3 is 2.68 bits per heavy atom. The Balaban J connectivity index is 2.52. The number of aromatic nitrogens is 3. The van der Waals surface area contributed by atoms with Crippen LogP contribution in [0, 0.1) is 6.92 Å².